The van der Waals surface area contributed by atoms with Gasteiger partial charge in [-0.3, -0.25) is 0 Å². The van der Waals surface area contributed by atoms with E-state index in [-0.39, 0.29) is 0 Å². The first-order chi connectivity index (χ1) is 9.78. The number of fused-ring (bicyclic) bond motifs is 1. The first-order valence-electron chi connectivity index (χ1n) is 6.50. The number of aromatic nitrogens is 2. The molecule has 0 fully saturated rings. The summed E-state index contributed by atoms with van der Waals surface area (Å²) in [4.78, 5) is 4.33. The maximum absolute atomic E-state index is 10.4. The molecule has 0 bridgehead atoms. The molecule has 0 saturated heterocycles. The van der Waals surface area contributed by atoms with E-state index in [1.807, 2.05) is 53.1 Å². The van der Waals surface area contributed by atoms with E-state index in [2.05, 4.69) is 4.98 Å². The highest BCUT2D eigenvalue weighted by atomic mass is 16.5. The van der Waals surface area contributed by atoms with Gasteiger partial charge in [-0.1, -0.05) is 24.3 Å². The molecule has 0 aliphatic heterocycles. The van der Waals surface area contributed by atoms with Crippen LogP contribution in [0.4, 0.5) is 0 Å². The molecule has 0 spiro atoms. The first-order valence-corrected chi connectivity index (χ1v) is 6.50. The third-order valence-electron chi connectivity index (χ3n) is 3.38. The second-order valence-corrected chi connectivity index (χ2v) is 4.68. The van der Waals surface area contributed by atoms with E-state index >= 15 is 0 Å². The molecule has 4 nitrogen and oxygen atoms in total. The zero-order valence-electron chi connectivity index (χ0n) is 11.2. The molecule has 0 unspecified atom stereocenters. The predicted molar refractivity (Wildman–Crippen MR) is 77.7 cm³/mol. The Morgan fingerprint density at radius 3 is 2.90 bits per heavy atom. The van der Waals surface area contributed by atoms with Gasteiger partial charge in [0, 0.05) is 0 Å². The molecular formula is C16H16N2O2. The number of nitrogens with zero attached hydrogens (tertiary/aromatic N) is 2. The minimum absolute atomic E-state index is 0.466. The van der Waals surface area contributed by atoms with Crippen LogP contribution in [0.25, 0.3) is 11.0 Å². The van der Waals surface area contributed by atoms with Crippen LogP contribution in [-0.2, 0) is 6.54 Å². The highest BCUT2D eigenvalue weighted by Crippen LogP contribution is 2.22. The third-order valence-corrected chi connectivity index (χ3v) is 3.38. The fraction of sp³-hybridized carbons (Fsp3) is 0.188. The van der Waals surface area contributed by atoms with Crippen LogP contribution in [0.5, 0.6) is 5.75 Å². The summed E-state index contributed by atoms with van der Waals surface area (Å²) in [5, 5.41) is 10.4. The summed E-state index contributed by atoms with van der Waals surface area (Å²) in [6.07, 6.45) is 1.16. The number of para-hydroxylation sites is 2. The number of aliphatic hydroxyl groups excluding tert-OH is 1. The molecule has 0 saturated carbocycles. The van der Waals surface area contributed by atoms with Gasteiger partial charge in [0.25, 0.3) is 0 Å². The Morgan fingerprint density at radius 1 is 1.20 bits per heavy atom. The molecule has 1 heterocycles. The predicted octanol–water partition coefficient (Wildman–Crippen LogP) is 2.78. The van der Waals surface area contributed by atoms with Gasteiger partial charge in [0.05, 0.1) is 37.1 Å². The van der Waals surface area contributed by atoms with Crippen LogP contribution in [0.3, 0.4) is 0 Å². The molecule has 4 heteroatoms. The van der Waals surface area contributed by atoms with Crippen molar-refractivity contribution in [2.24, 2.45) is 0 Å². The van der Waals surface area contributed by atoms with Crippen molar-refractivity contribution >= 4 is 11.0 Å². The number of aliphatic hydroxyl groups is 1. The van der Waals surface area contributed by atoms with Gasteiger partial charge in [-0.25, -0.2) is 4.98 Å². The van der Waals surface area contributed by atoms with E-state index in [1.54, 1.807) is 13.4 Å². The summed E-state index contributed by atoms with van der Waals surface area (Å²) in [6, 6.07) is 15.4. The molecule has 1 atom stereocenters. The van der Waals surface area contributed by atoms with Crippen molar-refractivity contribution in [1.82, 2.24) is 9.55 Å². The Labute approximate surface area is 117 Å². The van der Waals surface area contributed by atoms with Crippen LogP contribution in [-0.4, -0.2) is 21.8 Å². The van der Waals surface area contributed by atoms with Crippen molar-refractivity contribution in [3.63, 3.8) is 0 Å². The van der Waals surface area contributed by atoms with Crippen LogP contribution in [0.2, 0.25) is 0 Å². The maximum Gasteiger partial charge on any atom is 0.119 e. The minimum Gasteiger partial charge on any atom is -0.497 e. The Bertz CT molecular complexity index is 721. The molecule has 0 radical (unpaired) electrons. The quantitative estimate of drug-likeness (QED) is 0.791. The molecule has 0 aliphatic carbocycles. The van der Waals surface area contributed by atoms with Crippen LogP contribution in [0.1, 0.15) is 11.7 Å². The normalized spacial score (nSPS) is 12.5. The Hall–Kier alpha value is -2.33. The van der Waals surface area contributed by atoms with Crippen LogP contribution < -0.4 is 4.74 Å². The van der Waals surface area contributed by atoms with Gasteiger partial charge >= 0.3 is 0 Å². The van der Waals surface area contributed by atoms with E-state index < -0.39 is 6.10 Å². The Balaban J connectivity index is 1.86. The average Bonchev–Trinajstić information content (AvgIpc) is 2.90. The van der Waals surface area contributed by atoms with Crippen molar-refractivity contribution in [3.05, 3.63) is 60.4 Å². The number of hydrogen-bond acceptors (Lipinski definition) is 3. The summed E-state index contributed by atoms with van der Waals surface area (Å²) in [5.74, 6) is 0.747. The van der Waals surface area contributed by atoms with E-state index in [9.17, 15) is 5.11 Å². The number of imidazole rings is 1. The third kappa shape index (κ3) is 2.38. The fourth-order valence-electron chi connectivity index (χ4n) is 2.30. The smallest absolute Gasteiger partial charge is 0.119 e. The first kappa shape index (κ1) is 12.7. The molecule has 102 valence electrons. The van der Waals surface area contributed by atoms with Gasteiger partial charge in [-0.2, -0.15) is 0 Å². The summed E-state index contributed by atoms with van der Waals surface area (Å²) in [7, 11) is 1.62. The van der Waals surface area contributed by atoms with Gasteiger partial charge in [-0.15, -0.1) is 0 Å². The second-order valence-electron chi connectivity index (χ2n) is 4.68. The lowest BCUT2D eigenvalue weighted by Crippen LogP contribution is -2.07. The zero-order chi connectivity index (χ0) is 13.9. The van der Waals surface area contributed by atoms with E-state index in [0.29, 0.717) is 6.54 Å². The van der Waals surface area contributed by atoms with Gasteiger partial charge < -0.3 is 14.4 Å². The van der Waals surface area contributed by atoms with Crippen molar-refractivity contribution in [1.29, 1.82) is 0 Å². The number of methoxy groups -OCH3 is 1. The topological polar surface area (TPSA) is 47.3 Å². The molecule has 0 aliphatic rings. The molecule has 1 aromatic heterocycles. The van der Waals surface area contributed by atoms with E-state index in [0.717, 1.165) is 22.3 Å². The van der Waals surface area contributed by atoms with Gasteiger partial charge in [0.15, 0.2) is 0 Å². The molecule has 1 N–H and O–H groups in total. The molecule has 0 amide bonds. The highest BCUT2D eigenvalue weighted by molar-refractivity contribution is 5.74. The highest BCUT2D eigenvalue weighted by Gasteiger charge is 2.11. The van der Waals surface area contributed by atoms with Crippen LogP contribution in [0.15, 0.2) is 54.9 Å². The molecule has 3 rings (SSSR count). The number of hydrogen-bond donors (Lipinski definition) is 1. The maximum atomic E-state index is 10.4. The summed E-state index contributed by atoms with van der Waals surface area (Å²) in [5.41, 5.74) is 2.79. The standard InChI is InChI=1S/C16H16N2O2/c1-20-13-6-4-5-12(9-13)16(19)10-18-11-17-14-7-2-3-8-15(14)18/h2-9,11,16,19H,10H2,1H3/t16-/m0/s1. The SMILES string of the molecule is COc1cccc([C@@H](O)Cn2cnc3ccccc32)c1. The lowest BCUT2D eigenvalue weighted by Gasteiger charge is -2.13. The Morgan fingerprint density at radius 2 is 2.05 bits per heavy atom. The van der Waals surface area contributed by atoms with E-state index in [4.69, 9.17) is 4.74 Å². The largest absolute Gasteiger partial charge is 0.497 e. The number of rotatable bonds is 4. The summed E-state index contributed by atoms with van der Waals surface area (Å²) < 4.78 is 7.14. The molecular weight excluding hydrogens is 252 g/mol. The van der Waals surface area contributed by atoms with Gasteiger partial charge in [-0.05, 0) is 29.8 Å². The van der Waals surface area contributed by atoms with Crippen molar-refractivity contribution in [2.45, 2.75) is 12.6 Å². The van der Waals surface area contributed by atoms with Gasteiger partial charge in [0.2, 0.25) is 0 Å². The Kier molecular flexibility index (Phi) is 3.39. The average molecular weight is 268 g/mol. The molecule has 3 aromatic rings. The van der Waals surface area contributed by atoms with Crippen molar-refractivity contribution in [3.8, 4) is 5.75 Å². The molecule has 2 aromatic carbocycles. The minimum atomic E-state index is -0.595. The lowest BCUT2D eigenvalue weighted by atomic mass is 10.1. The second kappa shape index (κ2) is 5.35. The summed E-state index contributed by atoms with van der Waals surface area (Å²) in [6.45, 7) is 0.466. The van der Waals surface area contributed by atoms with E-state index in [1.165, 1.54) is 0 Å². The van der Waals surface area contributed by atoms with Crippen molar-refractivity contribution < 1.29 is 9.84 Å². The molecule has 20 heavy (non-hydrogen) atoms. The fourth-order valence-corrected chi connectivity index (χ4v) is 2.30. The monoisotopic (exact) mass is 268 g/mol. The van der Waals surface area contributed by atoms with Crippen molar-refractivity contribution in [2.75, 3.05) is 7.11 Å². The zero-order valence-corrected chi connectivity index (χ0v) is 11.2. The van der Waals surface area contributed by atoms with Gasteiger partial charge in [0.1, 0.15) is 5.75 Å². The number of ether oxygens (including phenoxy) is 1. The van der Waals surface area contributed by atoms with Crippen LogP contribution in [0, 0.1) is 0 Å². The summed E-state index contributed by atoms with van der Waals surface area (Å²) >= 11 is 0. The number of benzene rings is 2. The van der Waals surface area contributed by atoms with Crippen LogP contribution >= 0.6 is 0 Å². The lowest BCUT2D eigenvalue weighted by molar-refractivity contribution is 0.157.